The fourth-order valence-corrected chi connectivity index (χ4v) is 2.64. The predicted molar refractivity (Wildman–Crippen MR) is 72.1 cm³/mol. The Morgan fingerprint density at radius 2 is 2.24 bits per heavy atom. The molecule has 0 atom stereocenters. The summed E-state index contributed by atoms with van der Waals surface area (Å²) < 4.78 is 2.26. The Balaban J connectivity index is 1.83. The molecule has 0 aliphatic heterocycles. The highest BCUT2D eigenvalue weighted by Gasteiger charge is 2.01. The fourth-order valence-electron chi connectivity index (χ4n) is 1.81. The summed E-state index contributed by atoms with van der Waals surface area (Å²) in [5.41, 5.74) is 1.33. The lowest BCUT2D eigenvalue weighted by Crippen LogP contribution is -2.15. The molecule has 0 unspecified atom stereocenters. The molecule has 0 saturated carbocycles. The molecule has 0 aliphatic rings. The van der Waals surface area contributed by atoms with Crippen LogP contribution in [-0.4, -0.2) is 9.55 Å². The summed E-state index contributed by atoms with van der Waals surface area (Å²) in [4.78, 5) is 5.76. The zero-order chi connectivity index (χ0) is 12.1. The molecular weight excluding hydrogens is 230 g/mol. The smallest absolute Gasteiger partial charge is 0.107 e. The van der Waals surface area contributed by atoms with Crippen LogP contribution in [-0.2, 0) is 26.1 Å². The SMILES string of the molecule is CCc1cnc(CNCc2cccn2CC)s1. The van der Waals surface area contributed by atoms with E-state index in [-0.39, 0.29) is 0 Å². The fraction of sp³-hybridized carbons (Fsp3) is 0.462. The van der Waals surface area contributed by atoms with Gasteiger partial charge >= 0.3 is 0 Å². The number of nitrogens with one attached hydrogen (secondary N) is 1. The Labute approximate surface area is 107 Å². The quantitative estimate of drug-likeness (QED) is 0.853. The van der Waals surface area contributed by atoms with Crippen molar-refractivity contribution in [2.45, 2.75) is 39.9 Å². The van der Waals surface area contributed by atoms with Gasteiger partial charge in [-0.25, -0.2) is 4.98 Å². The van der Waals surface area contributed by atoms with E-state index in [0.29, 0.717) is 0 Å². The third-order valence-corrected chi connectivity index (χ3v) is 3.94. The summed E-state index contributed by atoms with van der Waals surface area (Å²) >= 11 is 1.80. The molecule has 17 heavy (non-hydrogen) atoms. The molecule has 2 heterocycles. The van der Waals surface area contributed by atoms with Crippen LogP contribution < -0.4 is 5.32 Å². The molecule has 0 fully saturated rings. The van der Waals surface area contributed by atoms with Gasteiger partial charge in [-0.2, -0.15) is 0 Å². The molecule has 0 bridgehead atoms. The summed E-state index contributed by atoms with van der Waals surface area (Å²) in [7, 11) is 0. The van der Waals surface area contributed by atoms with Crippen LogP contribution in [0.5, 0.6) is 0 Å². The lowest BCUT2D eigenvalue weighted by atomic mass is 10.4. The third kappa shape index (κ3) is 3.17. The first-order chi connectivity index (χ1) is 8.33. The van der Waals surface area contributed by atoms with Crippen molar-refractivity contribution in [3.63, 3.8) is 0 Å². The van der Waals surface area contributed by atoms with Gasteiger partial charge in [-0.3, -0.25) is 0 Å². The summed E-state index contributed by atoms with van der Waals surface area (Å²) in [6.07, 6.45) is 5.18. The van der Waals surface area contributed by atoms with Crippen LogP contribution in [0.4, 0.5) is 0 Å². The zero-order valence-corrected chi connectivity index (χ0v) is 11.3. The van der Waals surface area contributed by atoms with Crippen molar-refractivity contribution in [1.29, 1.82) is 0 Å². The number of aryl methyl sites for hydroxylation is 2. The molecule has 92 valence electrons. The molecule has 3 nitrogen and oxygen atoms in total. The Hall–Kier alpha value is -1.13. The van der Waals surface area contributed by atoms with E-state index < -0.39 is 0 Å². The van der Waals surface area contributed by atoms with Crippen LogP contribution in [0.1, 0.15) is 29.4 Å². The predicted octanol–water partition coefficient (Wildman–Crippen LogP) is 2.82. The molecule has 0 aromatic carbocycles. The minimum atomic E-state index is 0.861. The molecule has 0 amide bonds. The number of nitrogens with zero attached hydrogens (tertiary/aromatic N) is 2. The molecule has 2 rings (SSSR count). The lowest BCUT2D eigenvalue weighted by Gasteiger charge is -2.06. The van der Waals surface area contributed by atoms with E-state index >= 15 is 0 Å². The average Bonchev–Trinajstić information content (AvgIpc) is 2.97. The van der Waals surface area contributed by atoms with Gasteiger partial charge in [0, 0.05) is 42.6 Å². The number of thiazole rings is 1. The van der Waals surface area contributed by atoms with Crippen LogP contribution in [0, 0.1) is 0 Å². The minimum Gasteiger partial charge on any atom is -0.351 e. The second-order valence-corrected chi connectivity index (χ2v) is 5.16. The Bertz CT molecular complexity index is 459. The average molecular weight is 249 g/mol. The normalized spacial score (nSPS) is 10.9. The van der Waals surface area contributed by atoms with Crippen molar-refractivity contribution >= 4 is 11.3 Å². The van der Waals surface area contributed by atoms with Crippen LogP contribution in [0.15, 0.2) is 24.5 Å². The number of hydrogen-bond acceptors (Lipinski definition) is 3. The zero-order valence-electron chi connectivity index (χ0n) is 10.4. The number of hydrogen-bond donors (Lipinski definition) is 1. The molecule has 0 saturated heterocycles. The number of aromatic nitrogens is 2. The van der Waals surface area contributed by atoms with Crippen LogP contribution in [0.25, 0.3) is 0 Å². The first-order valence-corrected chi connectivity index (χ1v) is 6.93. The lowest BCUT2D eigenvalue weighted by molar-refractivity contribution is 0.627. The maximum absolute atomic E-state index is 4.40. The van der Waals surface area contributed by atoms with Gasteiger partial charge in [0.2, 0.25) is 0 Å². The van der Waals surface area contributed by atoms with Crippen molar-refractivity contribution < 1.29 is 0 Å². The van der Waals surface area contributed by atoms with Gasteiger partial charge < -0.3 is 9.88 Å². The molecule has 2 aromatic heterocycles. The third-order valence-electron chi connectivity index (χ3n) is 2.80. The first-order valence-electron chi connectivity index (χ1n) is 6.11. The van der Waals surface area contributed by atoms with E-state index in [1.54, 1.807) is 11.3 Å². The van der Waals surface area contributed by atoms with Gasteiger partial charge in [0.1, 0.15) is 5.01 Å². The molecule has 0 aliphatic carbocycles. The Morgan fingerprint density at radius 3 is 2.94 bits per heavy atom. The summed E-state index contributed by atoms with van der Waals surface area (Å²) in [5, 5.41) is 4.62. The van der Waals surface area contributed by atoms with Gasteiger partial charge in [-0.15, -0.1) is 11.3 Å². The van der Waals surface area contributed by atoms with Crippen molar-refractivity contribution in [2.75, 3.05) is 0 Å². The van der Waals surface area contributed by atoms with E-state index in [9.17, 15) is 0 Å². The highest BCUT2D eigenvalue weighted by atomic mass is 32.1. The van der Waals surface area contributed by atoms with E-state index in [2.05, 4.69) is 47.0 Å². The van der Waals surface area contributed by atoms with E-state index in [0.717, 1.165) is 26.1 Å². The minimum absolute atomic E-state index is 0.861. The van der Waals surface area contributed by atoms with E-state index in [1.165, 1.54) is 15.6 Å². The van der Waals surface area contributed by atoms with Gasteiger partial charge in [-0.1, -0.05) is 6.92 Å². The van der Waals surface area contributed by atoms with Crippen molar-refractivity contribution in [2.24, 2.45) is 0 Å². The monoisotopic (exact) mass is 249 g/mol. The van der Waals surface area contributed by atoms with Gasteiger partial charge in [0.05, 0.1) is 0 Å². The second-order valence-electron chi connectivity index (χ2n) is 3.96. The van der Waals surface area contributed by atoms with Crippen LogP contribution in [0.3, 0.4) is 0 Å². The molecule has 0 radical (unpaired) electrons. The summed E-state index contributed by atoms with van der Waals surface area (Å²) in [6, 6.07) is 4.26. The Morgan fingerprint density at radius 1 is 1.35 bits per heavy atom. The van der Waals surface area contributed by atoms with Crippen molar-refractivity contribution in [3.8, 4) is 0 Å². The van der Waals surface area contributed by atoms with E-state index in [4.69, 9.17) is 0 Å². The highest BCUT2D eigenvalue weighted by Crippen LogP contribution is 2.13. The number of rotatable bonds is 6. The molecule has 1 N–H and O–H groups in total. The first kappa shape index (κ1) is 12.3. The highest BCUT2D eigenvalue weighted by molar-refractivity contribution is 7.11. The summed E-state index contributed by atoms with van der Waals surface area (Å²) in [6.45, 7) is 7.12. The molecule has 4 heteroatoms. The van der Waals surface area contributed by atoms with Crippen LogP contribution >= 0.6 is 11.3 Å². The summed E-state index contributed by atoms with van der Waals surface area (Å²) in [5.74, 6) is 0. The van der Waals surface area contributed by atoms with Gasteiger partial charge in [-0.05, 0) is 25.5 Å². The van der Waals surface area contributed by atoms with Crippen LogP contribution in [0.2, 0.25) is 0 Å². The topological polar surface area (TPSA) is 29.9 Å². The van der Waals surface area contributed by atoms with Gasteiger partial charge in [0.15, 0.2) is 0 Å². The van der Waals surface area contributed by atoms with Crippen molar-refractivity contribution in [3.05, 3.63) is 40.1 Å². The van der Waals surface area contributed by atoms with E-state index in [1.807, 2.05) is 6.20 Å². The molecule has 2 aromatic rings. The maximum Gasteiger partial charge on any atom is 0.107 e. The van der Waals surface area contributed by atoms with Crippen molar-refractivity contribution in [1.82, 2.24) is 14.9 Å². The maximum atomic E-state index is 4.40. The largest absolute Gasteiger partial charge is 0.351 e. The second kappa shape index (κ2) is 5.98. The standard InChI is InChI=1S/C13H19N3S/c1-3-12-9-15-13(17-12)10-14-8-11-6-5-7-16(11)4-2/h5-7,9,14H,3-4,8,10H2,1-2H3. The Kier molecular flexibility index (Phi) is 4.34. The van der Waals surface area contributed by atoms with Gasteiger partial charge in [0.25, 0.3) is 0 Å². The molecular formula is C13H19N3S. The molecule has 0 spiro atoms.